The van der Waals surface area contributed by atoms with Crippen LogP contribution in [0.3, 0.4) is 0 Å². The molecule has 0 aliphatic heterocycles. The molecular weight excluding hydrogens is 367 g/mol. The normalized spacial score (nSPS) is 15.7. The summed E-state index contributed by atoms with van der Waals surface area (Å²) in [5, 5.41) is 3.77. The van der Waals surface area contributed by atoms with Crippen molar-refractivity contribution in [3.63, 3.8) is 0 Å². The molecule has 140 valence electrons. The molecule has 1 saturated carbocycles. The Kier molecular flexibility index (Phi) is 5.36. The fraction of sp³-hybridized carbons (Fsp3) is 0.412. The van der Waals surface area contributed by atoms with Crippen LogP contribution in [0, 0.1) is 0 Å². The highest BCUT2D eigenvalue weighted by molar-refractivity contribution is 7.18. The number of aromatic nitrogens is 1. The van der Waals surface area contributed by atoms with Gasteiger partial charge in [-0.1, -0.05) is 42.7 Å². The molecule has 9 heteroatoms. The van der Waals surface area contributed by atoms with Crippen molar-refractivity contribution in [3.8, 4) is 5.75 Å². The number of carbonyl (C=O) groups is 1. The van der Waals surface area contributed by atoms with E-state index in [2.05, 4.69) is 15.0 Å². The Morgan fingerprint density at radius 2 is 1.92 bits per heavy atom. The third-order valence-electron chi connectivity index (χ3n) is 4.15. The lowest BCUT2D eigenvalue weighted by Crippen LogP contribution is -2.22. The van der Waals surface area contributed by atoms with Crippen LogP contribution in [-0.2, 0) is 0 Å². The highest BCUT2D eigenvalue weighted by Crippen LogP contribution is 2.33. The minimum atomic E-state index is -4.89. The second kappa shape index (κ2) is 7.53. The number of para-hydroxylation sites is 1. The number of alkyl halides is 3. The number of hydrogen-bond acceptors (Lipinski definition) is 6. The van der Waals surface area contributed by atoms with Gasteiger partial charge in [0.25, 0.3) is 0 Å². The molecule has 0 atom stereocenters. The van der Waals surface area contributed by atoms with Crippen molar-refractivity contribution in [2.75, 3.05) is 11.1 Å². The highest BCUT2D eigenvalue weighted by Gasteiger charge is 2.33. The number of rotatable bonds is 5. The Bertz CT molecular complexity index is 786. The number of thiazole rings is 1. The molecule has 1 aromatic carbocycles. The van der Waals surface area contributed by atoms with Gasteiger partial charge in [0.2, 0.25) is 5.78 Å². The zero-order valence-corrected chi connectivity index (χ0v) is 14.6. The van der Waals surface area contributed by atoms with Gasteiger partial charge in [-0.2, -0.15) is 0 Å². The summed E-state index contributed by atoms with van der Waals surface area (Å²) in [4.78, 5) is 17.0. The monoisotopic (exact) mass is 385 g/mol. The van der Waals surface area contributed by atoms with E-state index in [1.165, 1.54) is 24.6 Å². The molecule has 0 bridgehead atoms. The number of benzene rings is 1. The molecule has 0 spiro atoms. The number of nitrogens with two attached hydrogens (primary N) is 1. The largest absolute Gasteiger partial charge is 0.573 e. The van der Waals surface area contributed by atoms with E-state index in [-0.39, 0.29) is 22.3 Å². The number of carbonyl (C=O) groups excluding carboxylic acids is 1. The Balaban J connectivity index is 1.82. The Morgan fingerprint density at radius 3 is 2.62 bits per heavy atom. The van der Waals surface area contributed by atoms with Crippen molar-refractivity contribution in [1.29, 1.82) is 0 Å². The van der Waals surface area contributed by atoms with Crippen molar-refractivity contribution < 1.29 is 22.7 Å². The van der Waals surface area contributed by atoms with Gasteiger partial charge >= 0.3 is 6.36 Å². The maximum Gasteiger partial charge on any atom is 0.573 e. The van der Waals surface area contributed by atoms with E-state index in [1.54, 1.807) is 0 Å². The molecule has 1 aliphatic rings. The molecule has 26 heavy (non-hydrogen) atoms. The lowest BCUT2D eigenvalue weighted by molar-refractivity contribution is -0.274. The number of nitrogens with zero attached hydrogens (tertiary/aromatic N) is 1. The Morgan fingerprint density at radius 1 is 1.23 bits per heavy atom. The first-order valence-electron chi connectivity index (χ1n) is 8.26. The quantitative estimate of drug-likeness (QED) is 0.736. The average molecular weight is 385 g/mol. The van der Waals surface area contributed by atoms with Gasteiger partial charge in [0, 0.05) is 6.04 Å². The molecule has 0 amide bonds. The molecule has 0 unspecified atom stereocenters. The van der Waals surface area contributed by atoms with Crippen molar-refractivity contribution >= 4 is 28.1 Å². The number of nitrogens with one attached hydrogen (secondary N) is 1. The number of ether oxygens (including phenoxy) is 1. The highest BCUT2D eigenvalue weighted by atomic mass is 32.1. The van der Waals surface area contributed by atoms with Gasteiger partial charge in [0.1, 0.15) is 16.4 Å². The molecule has 1 heterocycles. The maximum absolute atomic E-state index is 12.7. The van der Waals surface area contributed by atoms with Crippen molar-refractivity contribution in [1.82, 2.24) is 4.98 Å². The summed E-state index contributed by atoms with van der Waals surface area (Å²) >= 11 is 1.05. The first-order valence-corrected chi connectivity index (χ1v) is 9.07. The van der Waals surface area contributed by atoms with Crippen LogP contribution >= 0.6 is 11.3 Å². The average Bonchev–Trinajstić information content (AvgIpc) is 2.94. The van der Waals surface area contributed by atoms with Gasteiger partial charge < -0.3 is 15.8 Å². The maximum atomic E-state index is 12.7. The van der Waals surface area contributed by atoms with Gasteiger partial charge in [-0.25, -0.2) is 4.98 Å². The van der Waals surface area contributed by atoms with Crippen LogP contribution in [0.2, 0.25) is 0 Å². The fourth-order valence-electron chi connectivity index (χ4n) is 2.97. The predicted molar refractivity (Wildman–Crippen MR) is 93.6 cm³/mol. The SMILES string of the molecule is Nc1nc(NC2CCCCC2)sc1C(=O)c1ccccc1OC(F)(F)F. The smallest absolute Gasteiger partial charge is 0.405 e. The summed E-state index contributed by atoms with van der Waals surface area (Å²) in [5.41, 5.74) is 5.63. The van der Waals surface area contributed by atoms with Gasteiger partial charge in [-0.15, -0.1) is 13.2 Å². The van der Waals surface area contributed by atoms with E-state index >= 15 is 0 Å². The van der Waals surface area contributed by atoms with Gasteiger partial charge in [-0.3, -0.25) is 4.79 Å². The molecular formula is C17H18F3N3O2S. The van der Waals surface area contributed by atoms with Crippen LogP contribution in [0.1, 0.15) is 47.3 Å². The topological polar surface area (TPSA) is 77.2 Å². The summed E-state index contributed by atoms with van der Waals surface area (Å²) in [6.45, 7) is 0. The minimum absolute atomic E-state index is 0.000112. The Labute approximate surface area is 152 Å². The zero-order valence-electron chi connectivity index (χ0n) is 13.8. The van der Waals surface area contributed by atoms with E-state index in [0.29, 0.717) is 5.13 Å². The molecule has 3 N–H and O–H groups in total. The van der Waals surface area contributed by atoms with E-state index in [0.717, 1.165) is 43.1 Å². The van der Waals surface area contributed by atoms with Crippen LogP contribution < -0.4 is 15.8 Å². The van der Waals surface area contributed by atoms with Crippen LogP contribution in [0.15, 0.2) is 24.3 Å². The Hall–Kier alpha value is -2.29. The molecule has 1 aliphatic carbocycles. The first kappa shape index (κ1) is 18.5. The second-order valence-corrected chi connectivity index (χ2v) is 7.08. The molecule has 2 aromatic rings. The summed E-state index contributed by atoms with van der Waals surface area (Å²) < 4.78 is 41.6. The zero-order chi connectivity index (χ0) is 18.7. The third-order valence-corrected chi connectivity index (χ3v) is 5.15. The number of ketones is 1. The molecule has 3 rings (SSSR count). The van der Waals surface area contributed by atoms with Crippen molar-refractivity contribution in [3.05, 3.63) is 34.7 Å². The van der Waals surface area contributed by atoms with Crippen molar-refractivity contribution in [2.24, 2.45) is 0 Å². The van der Waals surface area contributed by atoms with Crippen molar-refractivity contribution in [2.45, 2.75) is 44.5 Å². The minimum Gasteiger partial charge on any atom is -0.405 e. The predicted octanol–water partition coefficient (Wildman–Crippen LogP) is 4.60. The van der Waals surface area contributed by atoms with Crippen LogP contribution in [0.4, 0.5) is 24.1 Å². The van der Waals surface area contributed by atoms with Gasteiger partial charge in [0.15, 0.2) is 5.13 Å². The number of nitrogen functional groups attached to an aromatic ring is 1. The number of anilines is 2. The third kappa shape index (κ3) is 4.46. The van der Waals surface area contributed by atoms with Gasteiger partial charge in [-0.05, 0) is 25.0 Å². The van der Waals surface area contributed by atoms with E-state index in [1.807, 2.05) is 0 Å². The molecule has 0 saturated heterocycles. The first-order chi connectivity index (χ1) is 12.3. The lowest BCUT2D eigenvalue weighted by atomic mass is 9.96. The van der Waals surface area contributed by atoms with E-state index in [9.17, 15) is 18.0 Å². The summed E-state index contributed by atoms with van der Waals surface area (Å²) in [5.74, 6) is -1.20. The fourth-order valence-corrected chi connectivity index (χ4v) is 3.88. The standard InChI is InChI=1S/C17H18F3N3O2S/c18-17(19,20)25-12-9-5-4-8-11(12)13(24)14-15(21)23-16(26-14)22-10-6-2-1-3-7-10/h4-5,8-10H,1-3,6-7,21H2,(H,22,23). The summed E-state index contributed by atoms with van der Waals surface area (Å²) in [7, 11) is 0. The number of halogens is 3. The van der Waals surface area contributed by atoms with Gasteiger partial charge in [0.05, 0.1) is 5.56 Å². The molecule has 5 nitrogen and oxygen atoms in total. The summed E-state index contributed by atoms with van der Waals surface area (Å²) in [6.07, 6.45) is 0.621. The van der Waals surface area contributed by atoms with Crippen LogP contribution in [0.25, 0.3) is 0 Å². The summed E-state index contributed by atoms with van der Waals surface area (Å²) in [6, 6.07) is 5.48. The van der Waals surface area contributed by atoms with Crippen LogP contribution in [-0.4, -0.2) is 23.2 Å². The molecule has 1 fully saturated rings. The molecule has 0 radical (unpaired) electrons. The number of hydrogen-bond donors (Lipinski definition) is 2. The van der Waals surface area contributed by atoms with Crippen LogP contribution in [0.5, 0.6) is 5.75 Å². The van der Waals surface area contributed by atoms with E-state index in [4.69, 9.17) is 5.73 Å². The lowest BCUT2D eigenvalue weighted by Gasteiger charge is -2.22. The van der Waals surface area contributed by atoms with E-state index < -0.39 is 17.9 Å². The molecule has 1 aromatic heterocycles. The second-order valence-electron chi connectivity index (χ2n) is 6.09.